The molecule has 2 heterocycles. The maximum Gasteiger partial charge on any atom is 0.166 e. The first-order valence-corrected chi connectivity index (χ1v) is 5.30. The van der Waals surface area contributed by atoms with Gasteiger partial charge in [0.15, 0.2) is 5.78 Å². The standard InChI is InChI=1S/C11H17NO2/c1-2-4-10(13)11-7-12-6-3-5-9(12)8-14-11/h2,9,11H,1,3-8H2. The summed E-state index contributed by atoms with van der Waals surface area (Å²) in [6.45, 7) is 6.22. The van der Waals surface area contributed by atoms with Gasteiger partial charge in [0.05, 0.1) is 6.61 Å². The number of hydrogen-bond acceptors (Lipinski definition) is 3. The zero-order valence-corrected chi connectivity index (χ0v) is 8.45. The van der Waals surface area contributed by atoms with E-state index in [1.54, 1.807) is 6.08 Å². The maximum atomic E-state index is 11.6. The fraction of sp³-hybridized carbons (Fsp3) is 0.727. The Morgan fingerprint density at radius 1 is 1.64 bits per heavy atom. The van der Waals surface area contributed by atoms with Gasteiger partial charge in [-0.3, -0.25) is 9.69 Å². The largest absolute Gasteiger partial charge is 0.367 e. The van der Waals surface area contributed by atoms with Crippen LogP contribution in [-0.4, -0.2) is 42.5 Å². The van der Waals surface area contributed by atoms with Crippen molar-refractivity contribution >= 4 is 5.78 Å². The van der Waals surface area contributed by atoms with E-state index in [-0.39, 0.29) is 11.9 Å². The first kappa shape index (κ1) is 9.87. The summed E-state index contributed by atoms with van der Waals surface area (Å²) in [6.07, 6.45) is 4.35. The molecule has 0 aromatic rings. The van der Waals surface area contributed by atoms with Crippen LogP contribution >= 0.6 is 0 Å². The average molecular weight is 195 g/mol. The van der Waals surface area contributed by atoms with Gasteiger partial charge in [-0.1, -0.05) is 6.08 Å². The van der Waals surface area contributed by atoms with Crippen molar-refractivity contribution in [1.82, 2.24) is 4.90 Å². The van der Waals surface area contributed by atoms with Crippen molar-refractivity contribution in [1.29, 1.82) is 0 Å². The summed E-state index contributed by atoms with van der Waals surface area (Å²) in [5.41, 5.74) is 0. The van der Waals surface area contributed by atoms with Gasteiger partial charge in [0.1, 0.15) is 6.10 Å². The van der Waals surface area contributed by atoms with Gasteiger partial charge in [0.2, 0.25) is 0 Å². The van der Waals surface area contributed by atoms with Crippen molar-refractivity contribution in [3.63, 3.8) is 0 Å². The van der Waals surface area contributed by atoms with Gasteiger partial charge in [0.25, 0.3) is 0 Å². The number of rotatable bonds is 3. The van der Waals surface area contributed by atoms with Crippen LogP contribution in [-0.2, 0) is 9.53 Å². The molecule has 0 aromatic carbocycles. The Morgan fingerprint density at radius 2 is 2.50 bits per heavy atom. The topological polar surface area (TPSA) is 29.5 Å². The molecule has 2 aliphatic heterocycles. The Hall–Kier alpha value is -0.670. The highest BCUT2D eigenvalue weighted by molar-refractivity contribution is 5.84. The van der Waals surface area contributed by atoms with E-state index in [4.69, 9.17) is 4.74 Å². The van der Waals surface area contributed by atoms with Crippen molar-refractivity contribution in [3.05, 3.63) is 12.7 Å². The fourth-order valence-corrected chi connectivity index (χ4v) is 2.29. The molecule has 3 heteroatoms. The van der Waals surface area contributed by atoms with E-state index >= 15 is 0 Å². The number of hydrogen-bond donors (Lipinski definition) is 0. The molecule has 0 spiro atoms. The van der Waals surface area contributed by atoms with E-state index in [2.05, 4.69) is 11.5 Å². The minimum absolute atomic E-state index is 0.172. The number of ether oxygens (including phenoxy) is 1. The third-order valence-electron chi connectivity index (χ3n) is 3.09. The third-order valence-corrected chi connectivity index (χ3v) is 3.09. The molecule has 2 fully saturated rings. The second-order valence-electron chi connectivity index (χ2n) is 4.07. The minimum Gasteiger partial charge on any atom is -0.367 e. The Bertz CT molecular complexity index is 239. The Kier molecular flexibility index (Phi) is 2.99. The highest BCUT2D eigenvalue weighted by Crippen LogP contribution is 2.23. The summed E-state index contributed by atoms with van der Waals surface area (Å²) in [7, 11) is 0. The molecule has 14 heavy (non-hydrogen) atoms. The van der Waals surface area contributed by atoms with E-state index in [9.17, 15) is 4.79 Å². The molecular weight excluding hydrogens is 178 g/mol. The van der Waals surface area contributed by atoms with E-state index in [1.165, 1.54) is 12.8 Å². The molecule has 3 nitrogen and oxygen atoms in total. The quantitative estimate of drug-likeness (QED) is 0.629. The molecule has 0 radical (unpaired) electrons. The zero-order valence-electron chi connectivity index (χ0n) is 8.45. The molecule has 78 valence electrons. The predicted molar refractivity (Wildman–Crippen MR) is 54.2 cm³/mol. The molecular formula is C11H17NO2. The summed E-state index contributed by atoms with van der Waals surface area (Å²) >= 11 is 0. The van der Waals surface area contributed by atoms with Crippen LogP contribution < -0.4 is 0 Å². The van der Waals surface area contributed by atoms with Crippen LogP contribution in [0.5, 0.6) is 0 Å². The summed E-state index contributed by atoms with van der Waals surface area (Å²) in [4.78, 5) is 13.9. The summed E-state index contributed by atoms with van der Waals surface area (Å²) in [6, 6.07) is 0.572. The van der Waals surface area contributed by atoms with Gasteiger partial charge in [-0.2, -0.15) is 0 Å². The Morgan fingerprint density at radius 3 is 3.29 bits per heavy atom. The number of allylic oxidation sites excluding steroid dienone is 1. The number of nitrogens with zero attached hydrogens (tertiary/aromatic N) is 1. The third kappa shape index (κ3) is 1.88. The van der Waals surface area contributed by atoms with Crippen molar-refractivity contribution < 1.29 is 9.53 Å². The molecule has 2 aliphatic rings. The van der Waals surface area contributed by atoms with E-state index in [1.807, 2.05) is 0 Å². The van der Waals surface area contributed by atoms with Crippen LogP contribution in [0.4, 0.5) is 0 Å². The van der Waals surface area contributed by atoms with E-state index in [0.717, 1.165) is 19.7 Å². The van der Waals surface area contributed by atoms with Gasteiger partial charge < -0.3 is 4.74 Å². The zero-order chi connectivity index (χ0) is 9.97. The number of carbonyl (C=O) groups is 1. The van der Waals surface area contributed by atoms with Crippen molar-refractivity contribution in [2.24, 2.45) is 0 Å². The predicted octanol–water partition coefficient (Wildman–Crippen LogP) is 0.995. The molecule has 2 saturated heterocycles. The van der Waals surface area contributed by atoms with Crippen LogP contribution in [0.25, 0.3) is 0 Å². The highest BCUT2D eigenvalue weighted by atomic mass is 16.5. The lowest BCUT2D eigenvalue weighted by Gasteiger charge is -2.34. The van der Waals surface area contributed by atoms with Gasteiger partial charge >= 0.3 is 0 Å². The van der Waals surface area contributed by atoms with Crippen LogP contribution in [0.2, 0.25) is 0 Å². The van der Waals surface area contributed by atoms with Gasteiger partial charge in [-0.25, -0.2) is 0 Å². The average Bonchev–Trinajstić information content (AvgIpc) is 2.64. The monoisotopic (exact) mass is 195 g/mol. The maximum absolute atomic E-state index is 11.6. The van der Waals surface area contributed by atoms with Crippen molar-refractivity contribution in [3.8, 4) is 0 Å². The van der Waals surface area contributed by atoms with Gasteiger partial charge in [-0.15, -0.1) is 6.58 Å². The summed E-state index contributed by atoms with van der Waals surface area (Å²) in [5, 5.41) is 0. The first-order chi connectivity index (χ1) is 6.81. The molecule has 2 atom stereocenters. The molecule has 2 unspecified atom stereocenters. The summed E-state index contributed by atoms with van der Waals surface area (Å²) in [5.74, 6) is 0.172. The lowest BCUT2D eigenvalue weighted by Crippen LogP contribution is -2.48. The molecule has 0 amide bonds. The number of carbonyl (C=O) groups excluding carboxylic acids is 1. The van der Waals surface area contributed by atoms with E-state index < -0.39 is 0 Å². The van der Waals surface area contributed by atoms with Crippen molar-refractivity contribution in [2.75, 3.05) is 19.7 Å². The van der Waals surface area contributed by atoms with Crippen molar-refractivity contribution in [2.45, 2.75) is 31.4 Å². The van der Waals surface area contributed by atoms with Gasteiger partial charge in [-0.05, 0) is 19.4 Å². The second kappa shape index (κ2) is 4.24. The molecule has 0 aliphatic carbocycles. The second-order valence-corrected chi connectivity index (χ2v) is 4.07. The first-order valence-electron chi connectivity index (χ1n) is 5.30. The van der Waals surface area contributed by atoms with Crippen LogP contribution in [0.15, 0.2) is 12.7 Å². The molecule has 2 rings (SSSR count). The smallest absolute Gasteiger partial charge is 0.166 e. The highest BCUT2D eigenvalue weighted by Gasteiger charge is 2.34. The normalized spacial score (nSPS) is 32.6. The fourth-order valence-electron chi connectivity index (χ4n) is 2.29. The van der Waals surface area contributed by atoms with Crippen LogP contribution in [0.3, 0.4) is 0 Å². The Labute approximate surface area is 84.7 Å². The molecule has 0 saturated carbocycles. The lowest BCUT2D eigenvalue weighted by molar-refractivity contribution is -0.137. The minimum atomic E-state index is -0.206. The number of morpholine rings is 1. The molecule has 0 aromatic heterocycles. The summed E-state index contributed by atoms with van der Waals surface area (Å²) < 4.78 is 5.57. The van der Waals surface area contributed by atoms with Crippen LogP contribution in [0.1, 0.15) is 19.3 Å². The SMILES string of the molecule is C=CCC(=O)C1CN2CCCC2CO1. The number of fused-ring (bicyclic) bond motifs is 1. The number of ketones is 1. The molecule has 0 N–H and O–H groups in total. The lowest BCUT2D eigenvalue weighted by atomic mass is 10.1. The molecule has 0 bridgehead atoms. The number of Topliss-reactive ketones (excluding diaryl/α,β-unsaturated/α-hetero) is 1. The van der Waals surface area contributed by atoms with Gasteiger partial charge in [0, 0.05) is 19.0 Å². The Balaban J connectivity index is 1.90. The van der Waals surface area contributed by atoms with E-state index in [0.29, 0.717) is 12.5 Å². The van der Waals surface area contributed by atoms with Crippen LogP contribution in [0, 0.1) is 0 Å².